The molecule has 0 aliphatic rings. The Morgan fingerprint density at radius 3 is 2.47 bits per heavy atom. The molecule has 0 heterocycles. The highest BCUT2D eigenvalue weighted by molar-refractivity contribution is 6.37. The molecular formula is C9H8Cl2N2O2. The van der Waals surface area contributed by atoms with Gasteiger partial charge < -0.3 is 5.11 Å². The molecule has 80 valence electrons. The minimum Gasteiger partial charge on any atom is -0.505 e. The standard InChI is InChI=1S/C9H8Cl2N2O2/c1-5(14)13-12-4-6-2-7(10)9(15)8(11)3-6/h2-4,15H,1H3,(H,13,14). The summed E-state index contributed by atoms with van der Waals surface area (Å²) < 4.78 is 0. The quantitative estimate of drug-likeness (QED) is 0.621. The minimum atomic E-state index is -0.276. The van der Waals surface area contributed by atoms with Crippen molar-refractivity contribution in [2.45, 2.75) is 6.92 Å². The van der Waals surface area contributed by atoms with Crippen LogP contribution in [0.5, 0.6) is 5.75 Å². The molecule has 0 aromatic heterocycles. The van der Waals surface area contributed by atoms with E-state index in [1.54, 1.807) is 0 Å². The predicted molar refractivity (Wildman–Crippen MR) is 59.5 cm³/mol. The lowest BCUT2D eigenvalue weighted by molar-refractivity contribution is -0.118. The maximum atomic E-state index is 10.5. The summed E-state index contributed by atoms with van der Waals surface area (Å²) in [7, 11) is 0. The molecule has 0 atom stereocenters. The highest BCUT2D eigenvalue weighted by Gasteiger charge is 2.04. The number of nitrogens with one attached hydrogen (secondary N) is 1. The average molecular weight is 247 g/mol. The average Bonchev–Trinajstić information content (AvgIpc) is 2.13. The lowest BCUT2D eigenvalue weighted by Crippen LogP contribution is -2.12. The van der Waals surface area contributed by atoms with E-state index in [4.69, 9.17) is 23.2 Å². The van der Waals surface area contributed by atoms with Crippen molar-refractivity contribution in [3.63, 3.8) is 0 Å². The number of benzene rings is 1. The van der Waals surface area contributed by atoms with E-state index >= 15 is 0 Å². The Bertz CT molecular complexity index is 396. The van der Waals surface area contributed by atoms with Crippen molar-refractivity contribution in [2.75, 3.05) is 0 Å². The summed E-state index contributed by atoms with van der Waals surface area (Å²) in [5.41, 5.74) is 2.81. The largest absolute Gasteiger partial charge is 0.505 e. The molecule has 0 saturated carbocycles. The molecule has 0 aliphatic carbocycles. The molecule has 4 nitrogen and oxygen atoms in total. The second-order valence-corrected chi connectivity index (χ2v) is 3.57. The molecule has 1 aromatic rings. The predicted octanol–water partition coefficient (Wildman–Crippen LogP) is 2.17. The number of hydrogen-bond acceptors (Lipinski definition) is 3. The number of nitrogens with zero attached hydrogens (tertiary/aromatic N) is 1. The number of amides is 1. The van der Waals surface area contributed by atoms with Crippen molar-refractivity contribution >= 4 is 35.3 Å². The minimum absolute atomic E-state index is 0.131. The Hall–Kier alpha value is -1.26. The summed E-state index contributed by atoms with van der Waals surface area (Å²) in [6, 6.07) is 2.96. The Labute approximate surface area is 96.5 Å². The van der Waals surface area contributed by atoms with Gasteiger partial charge in [-0.15, -0.1) is 0 Å². The van der Waals surface area contributed by atoms with Gasteiger partial charge in [-0.3, -0.25) is 4.79 Å². The first-order valence-corrected chi connectivity index (χ1v) is 4.74. The Balaban J connectivity index is 2.87. The van der Waals surface area contributed by atoms with Crippen LogP contribution in [0.15, 0.2) is 17.2 Å². The van der Waals surface area contributed by atoms with E-state index in [9.17, 15) is 9.90 Å². The zero-order chi connectivity index (χ0) is 11.4. The molecule has 0 bridgehead atoms. The van der Waals surface area contributed by atoms with Gasteiger partial charge in [-0.2, -0.15) is 5.10 Å². The fraction of sp³-hybridized carbons (Fsp3) is 0.111. The van der Waals surface area contributed by atoms with E-state index in [0.717, 1.165) is 0 Å². The number of carbonyl (C=O) groups excluding carboxylic acids is 1. The molecule has 0 unspecified atom stereocenters. The smallest absolute Gasteiger partial charge is 0.236 e. The Morgan fingerprint density at radius 2 is 2.00 bits per heavy atom. The number of rotatable bonds is 2. The monoisotopic (exact) mass is 246 g/mol. The van der Waals surface area contributed by atoms with Crippen LogP contribution in [0.25, 0.3) is 0 Å². The molecule has 6 heteroatoms. The SMILES string of the molecule is CC(=O)NN=Cc1cc(Cl)c(O)c(Cl)c1. The number of phenols is 1. The highest BCUT2D eigenvalue weighted by Crippen LogP contribution is 2.32. The van der Waals surface area contributed by atoms with Crippen molar-refractivity contribution in [2.24, 2.45) is 5.10 Å². The maximum absolute atomic E-state index is 10.5. The second kappa shape index (κ2) is 5.00. The first-order valence-electron chi connectivity index (χ1n) is 3.98. The van der Waals surface area contributed by atoms with Crippen LogP contribution in [0.1, 0.15) is 12.5 Å². The van der Waals surface area contributed by atoms with Crippen LogP contribution in [-0.2, 0) is 4.79 Å². The molecule has 0 saturated heterocycles. The third kappa shape index (κ3) is 3.42. The topological polar surface area (TPSA) is 61.7 Å². The Morgan fingerprint density at radius 1 is 1.47 bits per heavy atom. The van der Waals surface area contributed by atoms with E-state index in [1.807, 2.05) is 0 Å². The normalized spacial score (nSPS) is 10.6. The van der Waals surface area contributed by atoms with E-state index in [1.165, 1.54) is 25.3 Å². The number of hydrazone groups is 1. The van der Waals surface area contributed by atoms with E-state index < -0.39 is 0 Å². The highest BCUT2D eigenvalue weighted by atomic mass is 35.5. The summed E-state index contributed by atoms with van der Waals surface area (Å²) in [5, 5.41) is 13.2. The van der Waals surface area contributed by atoms with Crippen molar-refractivity contribution in [1.29, 1.82) is 0 Å². The van der Waals surface area contributed by atoms with Crippen molar-refractivity contribution in [3.05, 3.63) is 27.7 Å². The number of aromatic hydroxyl groups is 1. The first-order chi connectivity index (χ1) is 7.00. The van der Waals surface area contributed by atoms with Gasteiger partial charge >= 0.3 is 0 Å². The van der Waals surface area contributed by atoms with Gasteiger partial charge in [0.05, 0.1) is 16.3 Å². The molecule has 1 aromatic carbocycles. The molecule has 2 N–H and O–H groups in total. The summed E-state index contributed by atoms with van der Waals surface area (Å²) in [6.45, 7) is 1.34. The van der Waals surface area contributed by atoms with E-state index in [2.05, 4.69) is 10.5 Å². The lowest BCUT2D eigenvalue weighted by Gasteiger charge is -2.01. The summed E-state index contributed by atoms with van der Waals surface area (Å²) >= 11 is 11.4. The van der Waals surface area contributed by atoms with Crippen LogP contribution < -0.4 is 5.43 Å². The number of halogens is 2. The number of carbonyl (C=O) groups is 1. The third-order valence-electron chi connectivity index (χ3n) is 1.47. The van der Waals surface area contributed by atoms with Gasteiger partial charge in [0.25, 0.3) is 0 Å². The maximum Gasteiger partial charge on any atom is 0.236 e. The van der Waals surface area contributed by atoms with Crippen LogP contribution in [0.3, 0.4) is 0 Å². The van der Waals surface area contributed by atoms with Gasteiger partial charge in [0, 0.05) is 6.92 Å². The van der Waals surface area contributed by atoms with Crippen LogP contribution in [0.4, 0.5) is 0 Å². The molecule has 15 heavy (non-hydrogen) atoms. The molecule has 0 radical (unpaired) electrons. The van der Waals surface area contributed by atoms with Crippen molar-refractivity contribution in [1.82, 2.24) is 5.43 Å². The Kier molecular flexibility index (Phi) is 3.94. The van der Waals surface area contributed by atoms with Gasteiger partial charge in [-0.1, -0.05) is 23.2 Å². The zero-order valence-corrected chi connectivity index (χ0v) is 9.30. The fourth-order valence-corrected chi connectivity index (χ4v) is 1.36. The summed E-state index contributed by atoms with van der Waals surface area (Å²) in [5.74, 6) is -0.447. The molecular weight excluding hydrogens is 239 g/mol. The number of hydrogen-bond donors (Lipinski definition) is 2. The summed E-state index contributed by atoms with van der Waals surface area (Å²) in [6.07, 6.45) is 1.37. The van der Waals surface area contributed by atoms with Gasteiger partial charge in [0.2, 0.25) is 5.91 Å². The third-order valence-corrected chi connectivity index (χ3v) is 2.05. The molecule has 0 fully saturated rings. The molecule has 0 spiro atoms. The van der Waals surface area contributed by atoms with Crippen molar-refractivity contribution < 1.29 is 9.90 Å². The van der Waals surface area contributed by atoms with E-state index in [0.29, 0.717) is 5.56 Å². The van der Waals surface area contributed by atoms with Crippen LogP contribution in [0, 0.1) is 0 Å². The van der Waals surface area contributed by atoms with E-state index in [-0.39, 0.29) is 21.7 Å². The van der Waals surface area contributed by atoms with Crippen LogP contribution in [-0.4, -0.2) is 17.2 Å². The van der Waals surface area contributed by atoms with Gasteiger partial charge in [-0.05, 0) is 17.7 Å². The van der Waals surface area contributed by atoms with Gasteiger partial charge in [-0.25, -0.2) is 5.43 Å². The zero-order valence-electron chi connectivity index (χ0n) is 7.79. The lowest BCUT2D eigenvalue weighted by atomic mass is 10.2. The van der Waals surface area contributed by atoms with Gasteiger partial charge in [0.1, 0.15) is 0 Å². The van der Waals surface area contributed by atoms with Crippen LogP contribution >= 0.6 is 23.2 Å². The first kappa shape index (κ1) is 11.8. The molecule has 0 aliphatic heterocycles. The second-order valence-electron chi connectivity index (χ2n) is 2.76. The number of phenolic OH excluding ortho intramolecular Hbond substituents is 1. The fourth-order valence-electron chi connectivity index (χ4n) is 0.857. The van der Waals surface area contributed by atoms with Crippen molar-refractivity contribution in [3.8, 4) is 5.75 Å². The summed E-state index contributed by atoms with van der Waals surface area (Å²) in [4.78, 5) is 10.5. The molecule has 1 rings (SSSR count). The van der Waals surface area contributed by atoms with Gasteiger partial charge in [0.15, 0.2) is 5.75 Å². The molecule has 1 amide bonds. The van der Waals surface area contributed by atoms with Crippen LogP contribution in [0.2, 0.25) is 10.0 Å².